The van der Waals surface area contributed by atoms with Crippen LogP contribution in [0, 0.1) is 16.0 Å². The summed E-state index contributed by atoms with van der Waals surface area (Å²) in [5.41, 5.74) is -0.0497. The topological polar surface area (TPSA) is 84.2 Å². The molecule has 1 saturated carbocycles. The second kappa shape index (κ2) is 5.70. The molecule has 0 bridgehead atoms. The maximum atomic E-state index is 10.7. The van der Waals surface area contributed by atoms with Crippen molar-refractivity contribution in [2.45, 2.75) is 31.7 Å². The van der Waals surface area contributed by atoms with Crippen LogP contribution in [0.1, 0.15) is 25.7 Å². The maximum Gasteiger partial charge on any atom is 0.305 e. The van der Waals surface area contributed by atoms with Gasteiger partial charge in [-0.25, -0.2) is 9.97 Å². The minimum absolute atomic E-state index is 0.0497. The first-order valence-corrected chi connectivity index (χ1v) is 7.18. The molecule has 2 aliphatic rings. The number of hydrogen-bond acceptors (Lipinski definition) is 6. The van der Waals surface area contributed by atoms with Gasteiger partial charge in [-0.15, -0.1) is 0 Å². The summed E-state index contributed by atoms with van der Waals surface area (Å²) in [4.78, 5) is 20.8. The molecule has 7 nitrogen and oxygen atoms in total. The Morgan fingerprint density at radius 2 is 1.90 bits per heavy atom. The Morgan fingerprint density at radius 3 is 2.45 bits per heavy atom. The van der Waals surface area contributed by atoms with Crippen LogP contribution in [0.4, 0.5) is 11.6 Å². The smallest absolute Gasteiger partial charge is 0.305 e. The monoisotopic (exact) mass is 277 g/mol. The van der Waals surface area contributed by atoms with Gasteiger partial charge in [-0.3, -0.25) is 10.1 Å². The van der Waals surface area contributed by atoms with Crippen molar-refractivity contribution < 1.29 is 4.92 Å². The third-order valence-electron chi connectivity index (χ3n) is 3.99. The molecule has 3 rings (SSSR count). The third-order valence-corrected chi connectivity index (χ3v) is 3.99. The summed E-state index contributed by atoms with van der Waals surface area (Å²) in [5.74, 6) is 1.30. The third kappa shape index (κ3) is 3.04. The quantitative estimate of drug-likeness (QED) is 0.646. The number of anilines is 1. The van der Waals surface area contributed by atoms with Crippen LogP contribution < -0.4 is 10.2 Å². The van der Waals surface area contributed by atoms with Crippen LogP contribution in [-0.4, -0.2) is 40.6 Å². The lowest BCUT2D eigenvalue weighted by atomic mass is 9.97. The molecule has 7 heteroatoms. The van der Waals surface area contributed by atoms with Crippen molar-refractivity contribution in [3.63, 3.8) is 0 Å². The molecule has 1 aromatic rings. The molecule has 20 heavy (non-hydrogen) atoms. The van der Waals surface area contributed by atoms with Crippen molar-refractivity contribution in [2.75, 3.05) is 24.5 Å². The van der Waals surface area contributed by atoms with E-state index in [0.29, 0.717) is 17.9 Å². The lowest BCUT2D eigenvalue weighted by molar-refractivity contribution is -0.385. The van der Waals surface area contributed by atoms with Gasteiger partial charge in [0.1, 0.15) is 12.4 Å². The summed E-state index contributed by atoms with van der Waals surface area (Å²) in [6.45, 7) is 3.11. The van der Waals surface area contributed by atoms with Crippen LogP contribution in [0.5, 0.6) is 0 Å². The molecule has 0 radical (unpaired) electrons. The van der Waals surface area contributed by atoms with Crippen LogP contribution in [0.2, 0.25) is 0 Å². The van der Waals surface area contributed by atoms with E-state index in [-0.39, 0.29) is 5.69 Å². The molecular weight excluding hydrogens is 258 g/mol. The highest BCUT2D eigenvalue weighted by atomic mass is 16.6. The first-order valence-electron chi connectivity index (χ1n) is 7.18. The largest absolute Gasteiger partial charge is 0.338 e. The molecule has 0 spiro atoms. The van der Waals surface area contributed by atoms with E-state index in [0.717, 1.165) is 19.6 Å². The van der Waals surface area contributed by atoms with Crippen LogP contribution in [-0.2, 0) is 0 Å². The van der Waals surface area contributed by atoms with Crippen molar-refractivity contribution in [1.29, 1.82) is 0 Å². The number of hydrogen-bond donors (Lipinski definition) is 1. The van der Waals surface area contributed by atoms with E-state index >= 15 is 0 Å². The second-order valence-corrected chi connectivity index (χ2v) is 5.58. The minimum atomic E-state index is -0.460. The Balaban J connectivity index is 1.71. The van der Waals surface area contributed by atoms with Crippen LogP contribution in [0.3, 0.4) is 0 Å². The zero-order chi connectivity index (χ0) is 13.9. The summed E-state index contributed by atoms with van der Waals surface area (Å²) in [5, 5.41) is 14.0. The van der Waals surface area contributed by atoms with E-state index < -0.39 is 4.92 Å². The number of nitrogens with one attached hydrogen (secondary N) is 1. The van der Waals surface area contributed by atoms with Gasteiger partial charge in [-0.1, -0.05) is 0 Å². The van der Waals surface area contributed by atoms with E-state index in [2.05, 4.69) is 20.2 Å². The summed E-state index contributed by atoms with van der Waals surface area (Å²) in [6.07, 6.45) is 7.31. The van der Waals surface area contributed by atoms with Gasteiger partial charge in [-0.2, -0.15) is 0 Å². The average Bonchev–Trinajstić information content (AvgIpc) is 3.30. The second-order valence-electron chi connectivity index (χ2n) is 5.58. The van der Waals surface area contributed by atoms with Crippen molar-refractivity contribution >= 4 is 11.6 Å². The number of piperidine rings is 1. The number of nitrogens with zero attached hydrogens (tertiary/aromatic N) is 4. The fourth-order valence-electron chi connectivity index (χ4n) is 2.68. The molecule has 0 amide bonds. The van der Waals surface area contributed by atoms with E-state index in [4.69, 9.17) is 0 Å². The van der Waals surface area contributed by atoms with Gasteiger partial charge in [0, 0.05) is 12.6 Å². The SMILES string of the molecule is O=[N+]([O-])c1cnc(N(CC2CCNCC2)C2CC2)nc1. The summed E-state index contributed by atoms with van der Waals surface area (Å²) < 4.78 is 0. The highest BCUT2D eigenvalue weighted by Gasteiger charge is 2.32. The Hall–Kier alpha value is -1.76. The molecule has 108 valence electrons. The van der Waals surface area contributed by atoms with Crippen LogP contribution >= 0.6 is 0 Å². The molecular formula is C13H19N5O2. The zero-order valence-electron chi connectivity index (χ0n) is 11.4. The van der Waals surface area contributed by atoms with Gasteiger partial charge in [0.2, 0.25) is 5.95 Å². The molecule has 1 aliphatic carbocycles. The lowest BCUT2D eigenvalue weighted by Crippen LogP contribution is -2.38. The highest BCUT2D eigenvalue weighted by Crippen LogP contribution is 2.31. The molecule has 0 atom stereocenters. The maximum absolute atomic E-state index is 10.7. The first-order chi connectivity index (χ1) is 9.74. The normalized spacial score (nSPS) is 19.8. The van der Waals surface area contributed by atoms with Crippen LogP contribution in [0.25, 0.3) is 0 Å². The van der Waals surface area contributed by atoms with Crippen molar-refractivity contribution in [1.82, 2.24) is 15.3 Å². The standard InChI is InChI=1S/C13H19N5O2/c19-18(20)12-7-15-13(16-8-12)17(11-1-2-11)9-10-3-5-14-6-4-10/h7-8,10-11,14H,1-6,9H2. The lowest BCUT2D eigenvalue weighted by Gasteiger charge is -2.30. The van der Waals surface area contributed by atoms with E-state index in [1.54, 1.807) is 0 Å². The van der Waals surface area contributed by atoms with Crippen molar-refractivity contribution in [3.8, 4) is 0 Å². The molecule has 1 N–H and O–H groups in total. The molecule has 1 aliphatic heterocycles. The van der Waals surface area contributed by atoms with E-state index in [1.165, 1.54) is 38.1 Å². The molecule has 0 aromatic carbocycles. The fourth-order valence-corrected chi connectivity index (χ4v) is 2.68. The first kappa shape index (κ1) is 13.2. The summed E-state index contributed by atoms with van der Waals surface area (Å²) >= 11 is 0. The highest BCUT2D eigenvalue weighted by molar-refractivity contribution is 5.37. The Morgan fingerprint density at radius 1 is 1.25 bits per heavy atom. The zero-order valence-corrected chi connectivity index (χ0v) is 11.4. The average molecular weight is 277 g/mol. The fraction of sp³-hybridized carbons (Fsp3) is 0.692. The van der Waals surface area contributed by atoms with E-state index in [9.17, 15) is 10.1 Å². The van der Waals surface area contributed by atoms with Crippen molar-refractivity contribution in [2.24, 2.45) is 5.92 Å². The molecule has 2 fully saturated rings. The van der Waals surface area contributed by atoms with Gasteiger partial charge >= 0.3 is 5.69 Å². The molecule has 0 unspecified atom stereocenters. The number of aromatic nitrogens is 2. The Labute approximate surface area is 117 Å². The molecule has 1 saturated heterocycles. The van der Waals surface area contributed by atoms with E-state index in [1.807, 2.05) is 0 Å². The van der Waals surface area contributed by atoms with Gasteiger partial charge in [0.05, 0.1) is 4.92 Å². The van der Waals surface area contributed by atoms with Crippen LogP contribution in [0.15, 0.2) is 12.4 Å². The predicted molar refractivity (Wildman–Crippen MR) is 74.6 cm³/mol. The summed E-state index contributed by atoms with van der Waals surface area (Å²) in [7, 11) is 0. The molecule has 2 heterocycles. The predicted octanol–water partition coefficient (Wildman–Crippen LogP) is 1.35. The number of rotatable bonds is 5. The van der Waals surface area contributed by atoms with Gasteiger partial charge in [0.25, 0.3) is 0 Å². The minimum Gasteiger partial charge on any atom is -0.338 e. The van der Waals surface area contributed by atoms with Crippen molar-refractivity contribution in [3.05, 3.63) is 22.5 Å². The number of nitro groups is 1. The van der Waals surface area contributed by atoms with Gasteiger partial charge in [0.15, 0.2) is 0 Å². The Bertz CT molecular complexity index is 468. The molecule has 1 aromatic heterocycles. The Kier molecular flexibility index (Phi) is 3.77. The van der Waals surface area contributed by atoms with Gasteiger partial charge < -0.3 is 10.2 Å². The van der Waals surface area contributed by atoms with Gasteiger partial charge in [-0.05, 0) is 44.7 Å². The summed E-state index contributed by atoms with van der Waals surface area (Å²) in [6, 6.07) is 0.520.